The molecule has 2 unspecified atom stereocenters. The third-order valence-corrected chi connectivity index (χ3v) is 4.31. The fourth-order valence-corrected chi connectivity index (χ4v) is 2.48. The first-order valence-corrected chi connectivity index (χ1v) is 8.41. The Balaban J connectivity index is 4.01. The average molecular weight is 255 g/mol. The van der Waals surface area contributed by atoms with Crippen molar-refractivity contribution in [1.82, 2.24) is 5.32 Å². The van der Waals surface area contributed by atoms with Gasteiger partial charge in [-0.25, -0.2) is 0 Å². The number of hydrogen-bond donors (Lipinski definition) is 1. The Labute approximate surface area is 116 Å². The highest BCUT2D eigenvalue weighted by atomic mass is 14.9. The zero-order valence-corrected chi connectivity index (χ0v) is 13.6. The van der Waals surface area contributed by atoms with Crippen LogP contribution < -0.4 is 5.32 Å². The number of rotatable bonds is 12. The highest BCUT2D eigenvalue weighted by molar-refractivity contribution is 4.75. The molecule has 0 aromatic rings. The van der Waals surface area contributed by atoms with Crippen molar-refractivity contribution in [3.05, 3.63) is 0 Å². The molecular formula is C17H37N. The summed E-state index contributed by atoms with van der Waals surface area (Å²) in [4.78, 5) is 0. The van der Waals surface area contributed by atoms with Crippen LogP contribution >= 0.6 is 0 Å². The van der Waals surface area contributed by atoms with Gasteiger partial charge in [0.25, 0.3) is 0 Å². The topological polar surface area (TPSA) is 12.0 Å². The normalized spacial score (nSPS) is 15.0. The fraction of sp³-hybridized carbons (Fsp3) is 1.00. The molecule has 18 heavy (non-hydrogen) atoms. The van der Waals surface area contributed by atoms with Gasteiger partial charge in [-0.3, -0.25) is 0 Å². The molecule has 0 aliphatic carbocycles. The van der Waals surface area contributed by atoms with Crippen LogP contribution in [-0.4, -0.2) is 12.1 Å². The van der Waals surface area contributed by atoms with Crippen molar-refractivity contribution in [3.8, 4) is 0 Å². The standard InChI is InChI=1S/C17H37N/c1-6-9-11-13-17(14-12-10-7-2)18-16(5)15(4)8-3/h15-18H,6-14H2,1-5H3. The minimum absolute atomic E-state index is 0.670. The van der Waals surface area contributed by atoms with E-state index < -0.39 is 0 Å². The molecular weight excluding hydrogens is 218 g/mol. The van der Waals surface area contributed by atoms with E-state index in [1.54, 1.807) is 0 Å². The van der Waals surface area contributed by atoms with Crippen LogP contribution in [-0.2, 0) is 0 Å². The van der Waals surface area contributed by atoms with Gasteiger partial charge in [0.05, 0.1) is 0 Å². The molecule has 0 aliphatic rings. The predicted octanol–water partition coefficient (Wildman–Crippen LogP) is 5.54. The molecule has 0 heterocycles. The summed E-state index contributed by atoms with van der Waals surface area (Å²) in [7, 11) is 0. The van der Waals surface area contributed by atoms with Crippen LogP contribution in [0.25, 0.3) is 0 Å². The summed E-state index contributed by atoms with van der Waals surface area (Å²) in [6, 6.07) is 1.43. The molecule has 0 radical (unpaired) electrons. The molecule has 0 aromatic carbocycles. The molecule has 2 atom stereocenters. The van der Waals surface area contributed by atoms with Gasteiger partial charge in [-0.1, -0.05) is 72.6 Å². The fourth-order valence-electron chi connectivity index (χ4n) is 2.48. The van der Waals surface area contributed by atoms with Gasteiger partial charge in [0.15, 0.2) is 0 Å². The molecule has 1 nitrogen and oxygen atoms in total. The maximum atomic E-state index is 3.89. The zero-order chi connectivity index (χ0) is 13.8. The van der Waals surface area contributed by atoms with E-state index in [2.05, 4.69) is 39.9 Å². The van der Waals surface area contributed by atoms with Crippen molar-refractivity contribution in [2.24, 2.45) is 5.92 Å². The van der Waals surface area contributed by atoms with Gasteiger partial charge >= 0.3 is 0 Å². The molecule has 0 fully saturated rings. The van der Waals surface area contributed by atoms with Crippen molar-refractivity contribution >= 4 is 0 Å². The molecule has 0 rings (SSSR count). The number of nitrogens with one attached hydrogen (secondary N) is 1. The average Bonchev–Trinajstić information content (AvgIpc) is 2.37. The lowest BCUT2D eigenvalue weighted by atomic mass is 9.96. The van der Waals surface area contributed by atoms with E-state index in [1.807, 2.05) is 0 Å². The molecule has 1 heteroatoms. The first kappa shape index (κ1) is 18.0. The summed E-state index contributed by atoms with van der Waals surface area (Å²) < 4.78 is 0. The number of unbranched alkanes of at least 4 members (excludes halogenated alkanes) is 4. The molecule has 0 aliphatic heterocycles. The monoisotopic (exact) mass is 255 g/mol. The summed E-state index contributed by atoms with van der Waals surface area (Å²) in [5, 5.41) is 3.89. The predicted molar refractivity (Wildman–Crippen MR) is 84.1 cm³/mol. The lowest BCUT2D eigenvalue weighted by Crippen LogP contribution is -2.40. The van der Waals surface area contributed by atoms with Crippen molar-refractivity contribution in [3.63, 3.8) is 0 Å². The van der Waals surface area contributed by atoms with Gasteiger partial charge in [0, 0.05) is 12.1 Å². The molecule has 110 valence electrons. The first-order chi connectivity index (χ1) is 8.65. The molecule has 0 bridgehead atoms. The highest BCUT2D eigenvalue weighted by Gasteiger charge is 2.15. The Morgan fingerprint density at radius 1 is 0.778 bits per heavy atom. The van der Waals surface area contributed by atoms with Crippen LogP contribution in [0.4, 0.5) is 0 Å². The van der Waals surface area contributed by atoms with Crippen LogP contribution in [0.15, 0.2) is 0 Å². The lowest BCUT2D eigenvalue weighted by Gasteiger charge is -2.27. The van der Waals surface area contributed by atoms with Gasteiger partial charge in [0.2, 0.25) is 0 Å². The Bertz CT molecular complexity index is 157. The van der Waals surface area contributed by atoms with E-state index in [9.17, 15) is 0 Å². The quantitative estimate of drug-likeness (QED) is 0.451. The minimum atomic E-state index is 0.670. The second-order valence-corrected chi connectivity index (χ2v) is 6.03. The van der Waals surface area contributed by atoms with E-state index in [4.69, 9.17) is 0 Å². The zero-order valence-electron chi connectivity index (χ0n) is 13.6. The van der Waals surface area contributed by atoms with Crippen molar-refractivity contribution in [2.45, 2.75) is 104 Å². The third kappa shape index (κ3) is 8.97. The minimum Gasteiger partial charge on any atom is -0.311 e. The van der Waals surface area contributed by atoms with Crippen LogP contribution in [0.3, 0.4) is 0 Å². The second kappa shape index (κ2) is 12.0. The third-order valence-electron chi connectivity index (χ3n) is 4.31. The van der Waals surface area contributed by atoms with E-state index >= 15 is 0 Å². The van der Waals surface area contributed by atoms with Crippen molar-refractivity contribution in [1.29, 1.82) is 0 Å². The Hall–Kier alpha value is -0.0400. The Morgan fingerprint density at radius 2 is 1.28 bits per heavy atom. The van der Waals surface area contributed by atoms with Gasteiger partial charge < -0.3 is 5.32 Å². The van der Waals surface area contributed by atoms with E-state index in [1.165, 1.54) is 57.8 Å². The van der Waals surface area contributed by atoms with Crippen LogP contribution in [0.1, 0.15) is 92.4 Å². The molecule has 0 aromatic heterocycles. The van der Waals surface area contributed by atoms with Gasteiger partial charge in [-0.15, -0.1) is 0 Å². The number of hydrogen-bond acceptors (Lipinski definition) is 1. The van der Waals surface area contributed by atoms with Crippen LogP contribution in [0.2, 0.25) is 0 Å². The molecule has 0 saturated carbocycles. The lowest BCUT2D eigenvalue weighted by molar-refractivity contribution is 0.317. The summed E-state index contributed by atoms with van der Waals surface area (Å²) in [6.45, 7) is 11.6. The molecule has 0 saturated heterocycles. The SMILES string of the molecule is CCCCCC(CCCCC)NC(C)C(C)CC. The summed E-state index contributed by atoms with van der Waals surface area (Å²) in [6.07, 6.45) is 12.3. The first-order valence-electron chi connectivity index (χ1n) is 8.41. The van der Waals surface area contributed by atoms with Crippen LogP contribution in [0, 0.1) is 5.92 Å². The van der Waals surface area contributed by atoms with E-state index in [0.29, 0.717) is 6.04 Å². The van der Waals surface area contributed by atoms with Crippen molar-refractivity contribution < 1.29 is 0 Å². The maximum absolute atomic E-state index is 3.89. The van der Waals surface area contributed by atoms with Gasteiger partial charge in [-0.2, -0.15) is 0 Å². The van der Waals surface area contributed by atoms with Gasteiger partial charge in [0.1, 0.15) is 0 Å². The summed E-state index contributed by atoms with van der Waals surface area (Å²) in [5.74, 6) is 0.796. The van der Waals surface area contributed by atoms with E-state index in [-0.39, 0.29) is 0 Å². The van der Waals surface area contributed by atoms with E-state index in [0.717, 1.165) is 12.0 Å². The van der Waals surface area contributed by atoms with Crippen LogP contribution in [0.5, 0.6) is 0 Å². The van der Waals surface area contributed by atoms with Crippen molar-refractivity contribution in [2.75, 3.05) is 0 Å². The summed E-state index contributed by atoms with van der Waals surface area (Å²) >= 11 is 0. The summed E-state index contributed by atoms with van der Waals surface area (Å²) in [5.41, 5.74) is 0. The largest absolute Gasteiger partial charge is 0.311 e. The van der Waals surface area contributed by atoms with Gasteiger partial charge in [-0.05, 0) is 25.7 Å². The molecule has 0 spiro atoms. The maximum Gasteiger partial charge on any atom is 0.00696 e. The highest BCUT2D eigenvalue weighted by Crippen LogP contribution is 2.14. The molecule has 0 amide bonds. The Morgan fingerprint density at radius 3 is 1.67 bits per heavy atom. The second-order valence-electron chi connectivity index (χ2n) is 6.03. The Kier molecular flexibility index (Phi) is 12.0. The smallest absolute Gasteiger partial charge is 0.00696 e. The molecule has 1 N–H and O–H groups in total.